The fourth-order valence-corrected chi connectivity index (χ4v) is 1.14. The van der Waals surface area contributed by atoms with Gasteiger partial charge in [0.05, 0.1) is 13.2 Å². The van der Waals surface area contributed by atoms with Gasteiger partial charge in [0.2, 0.25) is 0 Å². The Morgan fingerprint density at radius 2 is 2.58 bits per heavy atom. The zero-order valence-corrected chi connectivity index (χ0v) is 6.38. The van der Waals surface area contributed by atoms with Crippen molar-refractivity contribution in [1.29, 1.82) is 0 Å². The zero-order chi connectivity index (χ0) is 8.39. The van der Waals surface area contributed by atoms with Gasteiger partial charge in [-0.15, -0.1) is 10.2 Å². The van der Waals surface area contributed by atoms with Gasteiger partial charge in [0.1, 0.15) is 0 Å². The number of ketones is 1. The predicted molar refractivity (Wildman–Crippen MR) is 37.3 cm³/mol. The normalized spacial score (nSPS) is 24.3. The van der Waals surface area contributed by atoms with Crippen molar-refractivity contribution in [3.05, 3.63) is 6.33 Å². The topological polar surface area (TPSA) is 69.9 Å². The SMILES string of the molecule is O=C1CCOCC1n1ncnn1. The van der Waals surface area contributed by atoms with E-state index in [-0.39, 0.29) is 11.8 Å². The predicted octanol–water partition coefficient (Wildman–Crippen LogP) is -0.796. The summed E-state index contributed by atoms with van der Waals surface area (Å²) in [6.07, 6.45) is 1.74. The van der Waals surface area contributed by atoms with E-state index >= 15 is 0 Å². The molecule has 1 aliphatic heterocycles. The molecule has 2 heterocycles. The zero-order valence-electron chi connectivity index (χ0n) is 6.38. The summed E-state index contributed by atoms with van der Waals surface area (Å²) in [7, 11) is 0. The molecule has 0 aliphatic carbocycles. The van der Waals surface area contributed by atoms with E-state index < -0.39 is 0 Å². The van der Waals surface area contributed by atoms with Crippen LogP contribution in [0.3, 0.4) is 0 Å². The average Bonchev–Trinajstić information content (AvgIpc) is 2.57. The summed E-state index contributed by atoms with van der Waals surface area (Å²) in [5, 5.41) is 11.0. The molecule has 1 atom stereocenters. The number of tetrazole rings is 1. The molecule has 1 aliphatic rings. The van der Waals surface area contributed by atoms with E-state index in [1.807, 2.05) is 0 Å². The molecule has 1 aromatic heterocycles. The minimum absolute atomic E-state index is 0.110. The van der Waals surface area contributed by atoms with Crippen molar-refractivity contribution in [2.75, 3.05) is 13.2 Å². The lowest BCUT2D eigenvalue weighted by molar-refractivity contribution is -0.130. The number of Topliss-reactive ketones (excluding diaryl/α,β-unsaturated/α-hetero) is 1. The third kappa shape index (κ3) is 1.20. The summed E-state index contributed by atoms with van der Waals surface area (Å²) in [6.45, 7) is 0.860. The highest BCUT2D eigenvalue weighted by atomic mass is 16.5. The number of rotatable bonds is 1. The van der Waals surface area contributed by atoms with Crippen molar-refractivity contribution in [2.24, 2.45) is 0 Å². The van der Waals surface area contributed by atoms with Crippen LogP contribution in [-0.2, 0) is 9.53 Å². The van der Waals surface area contributed by atoms with Crippen molar-refractivity contribution < 1.29 is 9.53 Å². The van der Waals surface area contributed by atoms with Crippen LogP contribution >= 0.6 is 0 Å². The van der Waals surface area contributed by atoms with Gasteiger partial charge in [0.25, 0.3) is 0 Å². The van der Waals surface area contributed by atoms with Gasteiger partial charge in [0, 0.05) is 6.42 Å². The molecular weight excluding hydrogens is 160 g/mol. The van der Waals surface area contributed by atoms with Gasteiger partial charge in [-0.2, -0.15) is 4.80 Å². The lowest BCUT2D eigenvalue weighted by Gasteiger charge is -2.18. The van der Waals surface area contributed by atoms with E-state index in [9.17, 15) is 4.79 Å². The smallest absolute Gasteiger partial charge is 0.163 e. The highest BCUT2D eigenvalue weighted by Crippen LogP contribution is 2.12. The third-order valence-corrected chi connectivity index (χ3v) is 1.78. The van der Waals surface area contributed by atoms with Crippen LogP contribution < -0.4 is 0 Å². The van der Waals surface area contributed by atoms with Crippen molar-refractivity contribution >= 4 is 5.78 Å². The van der Waals surface area contributed by atoms with Crippen LogP contribution in [0.5, 0.6) is 0 Å². The van der Waals surface area contributed by atoms with Gasteiger partial charge < -0.3 is 4.74 Å². The Bertz CT molecular complexity index is 271. The Morgan fingerprint density at radius 1 is 1.67 bits per heavy atom. The van der Waals surface area contributed by atoms with Crippen molar-refractivity contribution in [2.45, 2.75) is 12.5 Å². The molecule has 64 valence electrons. The molecule has 1 fully saturated rings. The van der Waals surface area contributed by atoms with Crippen LogP contribution in [-0.4, -0.2) is 39.2 Å². The van der Waals surface area contributed by atoms with E-state index in [2.05, 4.69) is 15.4 Å². The van der Waals surface area contributed by atoms with Gasteiger partial charge in [-0.05, 0) is 5.21 Å². The third-order valence-electron chi connectivity index (χ3n) is 1.78. The van der Waals surface area contributed by atoms with Crippen LogP contribution in [0.15, 0.2) is 6.33 Å². The first kappa shape index (κ1) is 7.35. The summed E-state index contributed by atoms with van der Waals surface area (Å²) < 4.78 is 5.13. The first-order chi connectivity index (χ1) is 5.88. The van der Waals surface area contributed by atoms with E-state index in [0.717, 1.165) is 0 Å². The number of ether oxygens (including phenoxy) is 1. The van der Waals surface area contributed by atoms with Crippen molar-refractivity contribution in [3.63, 3.8) is 0 Å². The number of nitrogens with zero attached hydrogens (tertiary/aromatic N) is 4. The summed E-state index contributed by atoms with van der Waals surface area (Å²) in [5.41, 5.74) is 0. The summed E-state index contributed by atoms with van der Waals surface area (Å²) in [4.78, 5) is 12.6. The Hall–Kier alpha value is -1.30. The van der Waals surface area contributed by atoms with Gasteiger partial charge in [-0.3, -0.25) is 4.79 Å². The maximum Gasteiger partial charge on any atom is 0.163 e. The minimum Gasteiger partial charge on any atom is -0.378 e. The quantitative estimate of drug-likeness (QED) is 0.549. The van der Waals surface area contributed by atoms with Gasteiger partial charge >= 0.3 is 0 Å². The van der Waals surface area contributed by atoms with Crippen LogP contribution in [0.2, 0.25) is 0 Å². The number of carbonyl (C=O) groups is 1. The number of hydrogen-bond donors (Lipinski definition) is 0. The monoisotopic (exact) mass is 168 g/mol. The van der Waals surface area contributed by atoms with Crippen LogP contribution in [0.4, 0.5) is 0 Å². The van der Waals surface area contributed by atoms with Crippen LogP contribution in [0.25, 0.3) is 0 Å². The van der Waals surface area contributed by atoms with Gasteiger partial charge in [-0.1, -0.05) is 0 Å². The Kier molecular flexibility index (Phi) is 1.83. The Morgan fingerprint density at radius 3 is 3.25 bits per heavy atom. The fraction of sp³-hybridized carbons (Fsp3) is 0.667. The summed E-state index contributed by atoms with van der Waals surface area (Å²) in [5.74, 6) is 0.110. The maximum absolute atomic E-state index is 11.3. The molecule has 0 aromatic carbocycles. The molecule has 1 unspecified atom stereocenters. The Labute approximate surface area is 68.5 Å². The molecule has 0 saturated carbocycles. The highest BCUT2D eigenvalue weighted by molar-refractivity contribution is 5.83. The molecule has 0 bridgehead atoms. The van der Waals surface area contributed by atoms with Gasteiger partial charge in [0.15, 0.2) is 18.2 Å². The molecule has 0 radical (unpaired) electrons. The van der Waals surface area contributed by atoms with Crippen LogP contribution in [0, 0.1) is 0 Å². The molecule has 12 heavy (non-hydrogen) atoms. The van der Waals surface area contributed by atoms with E-state index in [1.165, 1.54) is 11.1 Å². The second-order valence-corrected chi connectivity index (χ2v) is 2.56. The van der Waals surface area contributed by atoms with E-state index in [4.69, 9.17) is 4.74 Å². The number of carbonyl (C=O) groups excluding carboxylic acids is 1. The van der Waals surface area contributed by atoms with Crippen molar-refractivity contribution in [3.8, 4) is 0 Å². The minimum atomic E-state index is -0.374. The summed E-state index contributed by atoms with van der Waals surface area (Å²) >= 11 is 0. The average molecular weight is 168 g/mol. The standard InChI is InChI=1S/C6H8N4O2/c11-6-1-2-12-3-5(6)10-8-4-7-9-10/h4-5H,1-3H2. The van der Waals surface area contributed by atoms with Gasteiger partial charge in [-0.25, -0.2) is 0 Å². The molecule has 0 amide bonds. The molecule has 6 nitrogen and oxygen atoms in total. The van der Waals surface area contributed by atoms with Crippen LogP contribution in [0.1, 0.15) is 12.5 Å². The molecule has 2 rings (SSSR count). The molecule has 0 spiro atoms. The van der Waals surface area contributed by atoms with E-state index in [1.54, 1.807) is 0 Å². The molecule has 1 aromatic rings. The molecule has 6 heteroatoms. The summed E-state index contributed by atoms with van der Waals surface area (Å²) in [6, 6.07) is -0.374. The highest BCUT2D eigenvalue weighted by Gasteiger charge is 2.25. The number of aromatic nitrogens is 4. The lowest BCUT2D eigenvalue weighted by atomic mass is 10.1. The lowest BCUT2D eigenvalue weighted by Crippen LogP contribution is -2.31. The molecule has 0 N–H and O–H groups in total. The molecular formula is C6H8N4O2. The van der Waals surface area contributed by atoms with Crippen molar-refractivity contribution in [1.82, 2.24) is 20.2 Å². The maximum atomic E-state index is 11.3. The second-order valence-electron chi connectivity index (χ2n) is 2.56. The largest absolute Gasteiger partial charge is 0.378 e. The molecule has 1 saturated heterocycles. The first-order valence-electron chi connectivity index (χ1n) is 3.71. The fourth-order valence-electron chi connectivity index (χ4n) is 1.14. The second kappa shape index (κ2) is 2.98. The van der Waals surface area contributed by atoms with E-state index in [0.29, 0.717) is 19.6 Å². The Balaban J connectivity index is 2.17. The number of hydrogen-bond acceptors (Lipinski definition) is 5. The first-order valence-corrected chi connectivity index (χ1v) is 3.71.